The Morgan fingerprint density at radius 1 is 1.62 bits per heavy atom. The van der Waals surface area contributed by atoms with E-state index in [4.69, 9.17) is 5.73 Å². The largest absolute Gasteiger partial charge is 0.398 e. The van der Waals surface area contributed by atoms with Crippen LogP contribution in [0.4, 0.5) is 5.69 Å². The van der Waals surface area contributed by atoms with E-state index >= 15 is 0 Å². The maximum absolute atomic E-state index is 11.8. The van der Waals surface area contributed by atoms with Gasteiger partial charge in [-0.1, -0.05) is 6.92 Å². The summed E-state index contributed by atoms with van der Waals surface area (Å²) in [5, 5.41) is 2.93. The van der Waals surface area contributed by atoms with Gasteiger partial charge in [-0.3, -0.25) is 4.79 Å². The predicted molar refractivity (Wildman–Crippen MR) is 68.2 cm³/mol. The molecule has 3 N–H and O–H groups in total. The molecule has 0 radical (unpaired) electrons. The quantitative estimate of drug-likeness (QED) is 0.837. The average Bonchev–Trinajstić information content (AvgIpc) is 2.95. The summed E-state index contributed by atoms with van der Waals surface area (Å²) in [5.74, 6) is 1.38. The first-order valence-electron chi connectivity index (χ1n) is 5.41. The van der Waals surface area contributed by atoms with Crippen molar-refractivity contribution in [1.29, 1.82) is 0 Å². The standard InChI is InChI=1S/C12H15BrN2O/c1-7-4-9(7)6-15-12(16)8-2-3-10(13)11(14)5-8/h2-3,5,7,9H,4,6,14H2,1H3,(H,15,16). The Balaban J connectivity index is 1.95. The van der Waals surface area contributed by atoms with Crippen LogP contribution in [0, 0.1) is 11.8 Å². The van der Waals surface area contributed by atoms with Gasteiger partial charge in [-0.05, 0) is 52.4 Å². The summed E-state index contributed by atoms with van der Waals surface area (Å²) in [5.41, 5.74) is 6.93. The van der Waals surface area contributed by atoms with Crippen LogP contribution in [0.3, 0.4) is 0 Å². The second-order valence-electron chi connectivity index (χ2n) is 4.42. The summed E-state index contributed by atoms with van der Waals surface area (Å²) in [6.45, 7) is 2.98. The highest BCUT2D eigenvalue weighted by Gasteiger charge is 2.32. The highest BCUT2D eigenvalue weighted by atomic mass is 79.9. The van der Waals surface area contributed by atoms with Crippen LogP contribution in [0.15, 0.2) is 22.7 Å². The van der Waals surface area contributed by atoms with E-state index in [2.05, 4.69) is 28.2 Å². The van der Waals surface area contributed by atoms with Crippen molar-refractivity contribution in [1.82, 2.24) is 5.32 Å². The van der Waals surface area contributed by atoms with Gasteiger partial charge in [-0.15, -0.1) is 0 Å². The second kappa shape index (κ2) is 4.45. The van der Waals surface area contributed by atoms with Crippen LogP contribution in [0.1, 0.15) is 23.7 Å². The molecule has 0 aromatic heterocycles. The zero-order valence-electron chi connectivity index (χ0n) is 9.16. The fraction of sp³-hybridized carbons (Fsp3) is 0.417. The molecule has 1 aromatic rings. The lowest BCUT2D eigenvalue weighted by Gasteiger charge is -2.06. The Kier molecular flexibility index (Phi) is 3.19. The molecule has 1 aliphatic rings. The van der Waals surface area contributed by atoms with Gasteiger partial charge in [0.2, 0.25) is 0 Å². The molecule has 0 aliphatic heterocycles. The normalized spacial score (nSPS) is 22.9. The number of hydrogen-bond donors (Lipinski definition) is 2. The summed E-state index contributed by atoms with van der Waals surface area (Å²) < 4.78 is 0.819. The molecular weight excluding hydrogens is 268 g/mol. The first-order chi connectivity index (χ1) is 7.58. The van der Waals surface area contributed by atoms with E-state index in [1.807, 2.05) is 0 Å². The van der Waals surface area contributed by atoms with Crippen LogP contribution in [-0.4, -0.2) is 12.5 Å². The Morgan fingerprint density at radius 2 is 2.31 bits per heavy atom. The molecule has 4 heteroatoms. The average molecular weight is 283 g/mol. The SMILES string of the molecule is CC1CC1CNC(=O)c1ccc(Br)c(N)c1. The van der Waals surface area contributed by atoms with Crippen molar-refractivity contribution >= 4 is 27.5 Å². The van der Waals surface area contributed by atoms with Gasteiger partial charge in [-0.25, -0.2) is 0 Å². The zero-order valence-corrected chi connectivity index (χ0v) is 10.8. The van der Waals surface area contributed by atoms with Crippen molar-refractivity contribution in [3.8, 4) is 0 Å². The van der Waals surface area contributed by atoms with E-state index in [1.165, 1.54) is 6.42 Å². The van der Waals surface area contributed by atoms with Gasteiger partial charge in [0, 0.05) is 22.3 Å². The van der Waals surface area contributed by atoms with Crippen molar-refractivity contribution in [2.45, 2.75) is 13.3 Å². The lowest BCUT2D eigenvalue weighted by Crippen LogP contribution is -2.25. The molecule has 2 rings (SSSR count). The number of benzene rings is 1. The van der Waals surface area contributed by atoms with E-state index in [0.29, 0.717) is 17.2 Å². The number of nitrogens with one attached hydrogen (secondary N) is 1. The molecule has 0 saturated heterocycles. The van der Waals surface area contributed by atoms with E-state index in [0.717, 1.165) is 16.9 Å². The fourth-order valence-corrected chi connectivity index (χ4v) is 1.94. The predicted octanol–water partition coefficient (Wildman–Crippen LogP) is 2.42. The number of carbonyl (C=O) groups is 1. The molecule has 1 aliphatic carbocycles. The molecule has 0 bridgehead atoms. The van der Waals surface area contributed by atoms with Crippen molar-refractivity contribution < 1.29 is 4.79 Å². The van der Waals surface area contributed by atoms with Gasteiger partial charge in [0.25, 0.3) is 5.91 Å². The number of hydrogen-bond acceptors (Lipinski definition) is 2. The van der Waals surface area contributed by atoms with Gasteiger partial charge in [0.05, 0.1) is 0 Å². The molecule has 1 amide bonds. The summed E-state index contributed by atoms with van der Waals surface area (Å²) in [4.78, 5) is 11.8. The fourth-order valence-electron chi connectivity index (χ4n) is 1.69. The molecular formula is C12H15BrN2O. The first-order valence-corrected chi connectivity index (χ1v) is 6.20. The molecule has 3 nitrogen and oxygen atoms in total. The van der Waals surface area contributed by atoms with Crippen LogP contribution in [0.25, 0.3) is 0 Å². The highest BCUT2D eigenvalue weighted by molar-refractivity contribution is 9.10. The van der Waals surface area contributed by atoms with Crippen LogP contribution >= 0.6 is 15.9 Å². The second-order valence-corrected chi connectivity index (χ2v) is 5.27. The molecule has 1 saturated carbocycles. The lowest BCUT2D eigenvalue weighted by molar-refractivity contribution is 0.0951. The van der Waals surface area contributed by atoms with Crippen molar-refractivity contribution in [3.63, 3.8) is 0 Å². The van der Waals surface area contributed by atoms with E-state index in [-0.39, 0.29) is 5.91 Å². The van der Waals surface area contributed by atoms with E-state index < -0.39 is 0 Å². The number of carbonyl (C=O) groups excluding carboxylic acids is 1. The third kappa shape index (κ3) is 2.55. The van der Waals surface area contributed by atoms with Gasteiger partial charge < -0.3 is 11.1 Å². The molecule has 1 aromatic carbocycles. The number of nitrogen functional groups attached to an aromatic ring is 1. The summed E-state index contributed by atoms with van der Waals surface area (Å²) >= 11 is 3.30. The van der Waals surface area contributed by atoms with E-state index in [1.54, 1.807) is 18.2 Å². The number of amides is 1. The Hall–Kier alpha value is -1.03. The number of anilines is 1. The van der Waals surface area contributed by atoms with Gasteiger partial charge in [0.15, 0.2) is 0 Å². The molecule has 2 atom stereocenters. The summed E-state index contributed by atoms with van der Waals surface area (Å²) in [6, 6.07) is 5.26. The zero-order chi connectivity index (χ0) is 11.7. The minimum atomic E-state index is -0.0432. The van der Waals surface area contributed by atoms with E-state index in [9.17, 15) is 4.79 Å². The molecule has 2 unspecified atom stereocenters. The molecule has 0 spiro atoms. The minimum absolute atomic E-state index is 0.0432. The van der Waals surface area contributed by atoms with Gasteiger partial charge in [0.1, 0.15) is 0 Å². The van der Waals surface area contributed by atoms with Crippen molar-refractivity contribution in [2.24, 2.45) is 11.8 Å². The van der Waals surface area contributed by atoms with Gasteiger partial charge >= 0.3 is 0 Å². The highest BCUT2D eigenvalue weighted by Crippen LogP contribution is 2.36. The molecule has 0 heterocycles. The molecule has 16 heavy (non-hydrogen) atoms. The maximum Gasteiger partial charge on any atom is 0.251 e. The number of halogens is 1. The van der Waals surface area contributed by atoms with Crippen molar-refractivity contribution in [2.75, 3.05) is 12.3 Å². The number of rotatable bonds is 3. The van der Waals surface area contributed by atoms with Crippen LogP contribution < -0.4 is 11.1 Å². The third-order valence-electron chi connectivity index (χ3n) is 3.06. The monoisotopic (exact) mass is 282 g/mol. The third-order valence-corrected chi connectivity index (χ3v) is 3.78. The van der Waals surface area contributed by atoms with Crippen molar-refractivity contribution in [3.05, 3.63) is 28.2 Å². The maximum atomic E-state index is 11.8. The molecule has 86 valence electrons. The lowest BCUT2D eigenvalue weighted by atomic mass is 10.2. The first kappa shape index (κ1) is 11.5. The molecule has 1 fully saturated rings. The van der Waals surface area contributed by atoms with Crippen LogP contribution in [-0.2, 0) is 0 Å². The van der Waals surface area contributed by atoms with Gasteiger partial charge in [-0.2, -0.15) is 0 Å². The Labute approximate surface area is 104 Å². The van der Waals surface area contributed by atoms with Crippen LogP contribution in [0.2, 0.25) is 0 Å². The summed E-state index contributed by atoms with van der Waals surface area (Å²) in [6.07, 6.45) is 1.22. The number of nitrogens with two attached hydrogens (primary N) is 1. The Bertz CT molecular complexity index is 419. The summed E-state index contributed by atoms with van der Waals surface area (Å²) in [7, 11) is 0. The van der Waals surface area contributed by atoms with Crippen LogP contribution in [0.5, 0.6) is 0 Å². The topological polar surface area (TPSA) is 55.1 Å². The minimum Gasteiger partial charge on any atom is -0.398 e. The Morgan fingerprint density at radius 3 is 2.88 bits per heavy atom. The smallest absolute Gasteiger partial charge is 0.251 e.